The van der Waals surface area contributed by atoms with Crippen molar-refractivity contribution >= 4 is 11.6 Å². The first kappa shape index (κ1) is 15.6. The van der Waals surface area contributed by atoms with E-state index in [0.29, 0.717) is 18.9 Å². The highest BCUT2D eigenvalue weighted by Crippen LogP contribution is 2.35. The molecule has 0 radical (unpaired) electrons. The van der Waals surface area contributed by atoms with E-state index in [9.17, 15) is 23.1 Å². The minimum atomic E-state index is -4.54. The molecular weight excluding hydrogens is 285 g/mol. The first-order valence-corrected chi connectivity index (χ1v) is 6.73. The Bertz CT molecular complexity index is 538. The van der Waals surface area contributed by atoms with Crippen LogP contribution in [0, 0.1) is 0 Å². The molecule has 2 rings (SSSR count). The van der Waals surface area contributed by atoms with Crippen molar-refractivity contribution in [2.24, 2.45) is 5.73 Å². The zero-order valence-corrected chi connectivity index (χ0v) is 11.3. The minimum absolute atomic E-state index is 0.273. The number of anilines is 1. The number of nitrogens with two attached hydrogens (primary N) is 1. The number of nitrogens with one attached hydrogen (secondary N) is 1. The second-order valence-corrected chi connectivity index (χ2v) is 5.40. The van der Waals surface area contributed by atoms with Crippen LogP contribution in [0.5, 0.6) is 5.75 Å². The second kappa shape index (κ2) is 5.55. The molecule has 0 heterocycles. The van der Waals surface area contributed by atoms with Crippen LogP contribution in [0.3, 0.4) is 0 Å². The van der Waals surface area contributed by atoms with E-state index in [1.807, 2.05) is 0 Å². The summed E-state index contributed by atoms with van der Waals surface area (Å²) in [5, 5.41) is 11.9. The zero-order valence-electron chi connectivity index (χ0n) is 11.3. The van der Waals surface area contributed by atoms with Gasteiger partial charge in [-0.3, -0.25) is 4.79 Å². The van der Waals surface area contributed by atoms with Crippen LogP contribution >= 0.6 is 0 Å². The van der Waals surface area contributed by atoms with E-state index in [0.717, 1.165) is 31.4 Å². The normalized spacial score (nSPS) is 18.3. The van der Waals surface area contributed by atoms with Crippen molar-refractivity contribution in [3.8, 4) is 5.75 Å². The summed E-state index contributed by atoms with van der Waals surface area (Å²) in [5.41, 5.74) is 3.71. The molecule has 1 fully saturated rings. The highest BCUT2D eigenvalue weighted by molar-refractivity contribution is 5.99. The van der Waals surface area contributed by atoms with Gasteiger partial charge in [0.1, 0.15) is 5.75 Å². The largest absolute Gasteiger partial charge is 0.506 e. The number of halogens is 3. The summed E-state index contributed by atoms with van der Waals surface area (Å²) < 4.78 is 37.9. The van der Waals surface area contributed by atoms with Gasteiger partial charge in [0.25, 0.3) is 0 Å². The van der Waals surface area contributed by atoms with Crippen molar-refractivity contribution in [3.05, 3.63) is 23.8 Å². The smallest absolute Gasteiger partial charge is 0.416 e. The summed E-state index contributed by atoms with van der Waals surface area (Å²) in [7, 11) is 0. The molecule has 0 saturated heterocycles. The quantitative estimate of drug-likeness (QED) is 0.735. The summed E-state index contributed by atoms with van der Waals surface area (Å²) >= 11 is 0. The molecule has 1 aliphatic rings. The van der Waals surface area contributed by atoms with Crippen molar-refractivity contribution in [2.75, 3.05) is 5.32 Å². The third-order valence-electron chi connectivity index (χ3n) is 3.77. The third kappa shape index (κ3) is 3.47. The number of hydrogen-bond donors (Lipinski definition) is 3. The molecule has 0 aliphatic heterocycles. The van der Waals surface area contributed by atoms with Crippen LogP contribution in [0.2, 0.25) is 0 Å². The Morgan fingerprint density at radius 2 is 1.86 bits per heavy atom. The van der Waals surface area contributed by atoms with Crippen LogP contribution in [0.25, 0.3) is 0 Å². The Balaban J connectivity index is 2.20. The lowest BCUT2D eigenvalue weighted by atomic mass is 9.82. The molecule has 1 aromatic carbocycles. The standard InChI is InChI=1S/C14H17F3N2O2/c15-14(16,17)9-4-5-11(20)10(8-9)19-12(21)13(18)6-2-1-3-7-13/h4-5,8,20H,1-3,6-7,18H2,(H,19,21). The minimum Gasteiger partial charge on any atom is -0.506 e. The topological polar surface area (TPSA) is 75.4 Å². The highest BCUT2D eigenvalue weighted by Gasteiger charge is 2.36. The van der Waals surface area contributed by atoms with Crippen LogP contribution in [-0.2, 0) is 11.0 Å². The summed E-state index contributed by atoms with van der Waals surface area (Å²) in [4.78, 5) is 12.2. The van der Waals surface area contributed by atoms with Gasteiger partial charge >= 0.3 is 6.18 Å². The van der Waals surface area contributed by atoms with Crippen molar-refractivity contribution in [1.29, 1.82) is 0 Å². The summed E-state index contributed by atoms with van der Waals surface area (Å²) in [6, 6.07) is 2.37. The van der Waals surface area contributed by atoms with Crippen molar-refractivity contribution in [1.82, 2.24) is 0 Å². The molecule has 1 amide bonds. The molecule has 21 heavy (non-hydrogen) atoms. The third-order valence-corrected chi connectivity index (χ3v) is 3.77. The van der Waals surface area contributed by atoms with E-state index >= 15 is 0 Å². The van der Waals surface area contributed by atoms with E-state index < -0.39 is 28.9 Å². The number of rotatable bonds is 2. The lowest BCUT2D eigenvalue weighted by Crippen LogP contribution is -2.52. The van der Waals surface area contributed by atoms with Crippen molar-refractivity contribution < 1.29 is 23.1 Å². The molecule has 0 bridgehead atoms. The molecule has 4 nitrogen and oxygen atoms in total. The van der Waals surface area contributed by atoms with Gasteiger partial charge in [-0.05, 0) is 31.0 Å². The first-order valence-electron chi connectivity index (χ1n) is 6.73. The van der Waals surface area contributed by atoms with Crippen molar-refractivity contribution in [3.63, 3.8) is 0 Å². The summed E-state index contributed by atoms with van der Waals surface area (Å²) in [6.07, 6.45) is -0.979. The van der Waals surface area contributed by atoms with E-state index in [2.05, 4.69) is 5.32 Å². The predicted molar refractivity (Wildman–Crippen MR) is 71.7 cm³/mol. The maximum atomic E-state index is 12.6. The summed E-state index contributed by atoms with van der Waals surface area (Å²) in [6.45, 7) is 0. The van der Waals surface area contributed by atoms with Gasteiger partial charge in [0, 0.05) is 0 Å². The Morgan fingerprint density at radius 1 is 1.24 bits per heavy atom. The van der Waals surface area contributed by atoms with Gasteiger partial charge in [0.2, 0.25) is 5.91 Å². The number of benzene rings is 1. The molecule has 0 spiro atoms. The lowest BCUT2D eigenvalue weighted by molar-refractivity contribution is -0.137. The number of carbonyl (C=O) groups excluding carboxylic acids is 1. The lowest BCUT2D eigenvalue weighted by Gasteiger charge is -2.31. The molecule has 4 N–H and O–H groups in total. The highest BCUT2D eigenvalue weighted by atomic mass is 19.4. The molecule has 1 saturated carbocycles. The Kier molecular flexibility index (Phi) is 4.13. The van der Waals surface area contributed by atoms with Gasteiger partial charge < -0.3 is 16.2 Å². The number of amides is 1. The van der Waals surface area contributed by atoms with Crippen LogP contribution < -0.4 is 11.1 Å². The molecule has 0 unspecified atom stereocenters. The number of aromatic hydroxyl groups is 1. The average Bonchev–Trinajstić information content (AvgIpc) is 2.40. The number of hydrogen-bond acceptors (Lipinski definition) is 3. The maximum Gasteiger partial charge on any atom is 0.416 e. The molecule has 0 aromatic heterocycles. The number of carbonyl (C=O) groups is 1. The van der Waals surface area contributed by atoms with Gasteiger partial charge in [-0.15, -0.1) is 0 Å². The van der Waals surface area contributed by atoms with E-state index in [4.69, 9.17) is 5.73 Å². The Hall–Kier alpha value is -1.76. The van der Waals surface area contributed by atoms with Gasteiger partial charge in [-0.1, -0.05) is 19.3 Å². The van der Waals surface area contributed by atoms with E-state index in [-0.39, 0.29) is 5.69 Å². The Labute approximate surface area is 120 Å². The van der Waals surface area contributed by atoms with E-state index in [1.165, 1.54) is 0 Å². The fourth-order valence-corrected chi connectivity index (χ4v) is 2.47. The monoisotopic (exact) mass is 302 g/mol. The molecule has 1 aliphatic carbocycles. The second-order valence-electron chi connectivity index (χ2n) is 5.40. The van der Waals surface area contributed by atoms with E-state index in [1.54, 1.807) is 0 Å². The Morgan fingerprint density at radius 3 is 2.43 bits per heavy atom. The van der Waals surface area contributed by atoms with Crippen LogP contribution in [-0.4, -0.2) is 16.6 Å². The van der Waals surface area contributed by atoms with Gasteiger partial charge in [0.05, 0.1) is 16.8 Å². The van der Waals surface area contributed by atoms with Crippen LogP contribution in [0.15, 0.2) is 18.2 Å². The van der Waals surface area contributed by atoms with Gasteiger partial charge in [0.15, 0.2) is 0 Å². The van der Waals surface area contributed by atoms with Crippen LogP contribution in [0.1, 0.15) is 37.7 Å². The molecular formula is C14H17F3N2O2. The fourth-order valence-electron chi connectivity index (χ4n) is 2.47. The summed E-state index contributed by atoms with van der Waals surface area (Å²) in [5.74, 6) is -0.979. The zero-order chi connectivity index (χ0) is 15.7. The van der Waals surface area contributed by atoms with Crippen molar-refractivity contribution in [2.45, 2.75) is 43.8 Å². The fraction of sp³-hybridized carbons (Fsp3) is 0.500. The number of phenols is 1. The molecule has 116 valence electrons. The maximum absolute atomic E-state index is 12.6. The first-order chi connectivity index (χ1) is 9.72. The van der Waals surface area contributed by atoms with Crippen LogP contribution in [0.4, 0.5) is 18.9 Å². The number of phenolic OH excluding ortho intramolecular Hbond substituents is 1. The molecule has 0 atom stereocenters. The SMILES string of the molecule is NC1(C(=O)Nc2cc(C(F)(F)F)ccc2O)CCCCC1. The molecule has 7 heteroatoms. The van der Waals surface area contributed by atoms with Gasteiger partial charge in [-0.2, -0.15) is 13.2 Å². The number of alkyl halides is 3. The average molecular weight is 302 g/mol. The predicted octanol–water partition coefficient (Wildman–Crippen LogP) is 3.01. The molecule has 1 aromatic rings. The van der Waals surface area contributed by atoms with Gasteiger partial charge in [-0.25, -0.2) is 0 Å².